The third-order valence-corrected chi connectivity index (χ3v) is 6.40. The molecule has 0 aromatic carbocycles. The molecule has 8 heteroatoms. The molecule has 0 saturated carbocycles. The van der Waals surface area contributed by atoms with Crippen molar-refractivity contribution in [3.63, 3.8) is 0 Å². The lowest BCUT2D eigenvalue weighted by atomic mass is 10.1. The summed E-state index contributed by atoms with van der Waals surface area (Å²) >= 11 is 0. The summed E-state index contributed by atoms with van der Waals surface area (Å²) in [5.41, 5.74) is 0. The molecule has 0 bridgehead atoms. The van der Waals surface area contributed by atoms with Crippen LogP contribution in [0, 0.1) is 0 Å². The minimum atomic E-state index is -3.73. The van der Waals surface area contributed by atoms with Crippen molar-refractivity contribution in [1.29, 1.82) is 0 Å². The maximum atomic E-state index is 10.5. The molecule has 0 fully saturated rings. The monoisotopic (exact) mass is 444 g/mol. The van der Waals surface area contributed by atoms with Crippen LogP contribution in [0.1, 0.15) is 117 Å². The molecule has 6 nitrogen and oxygen atoms in total. The van der Waals surface area contributed by atoms with Crippen molar-refractivity contribution >= 4 is 15.2 Å². The first-order valence-corrected chi connectivity index (χ1v) is 14.8. The van der Waals surface area contributed by atoms with Crippen molar-refractivity contribution in [3.8, 4) is 0 Å². The van der Waals surface area contributed by atoms with Crippen molar-refractivity contribution in [3.05, 3.63) is 0 Å². The lowest BCUT2D eigenvalue weighted by molar-refractivity contribution is 0.368. The summed E-state index contributed by atoms with van der Waals surface area (Å²) in [5, 5.41) is 0. The second-order valence-corrected chi connectivity index (χ2v) is 11.3. The summed E-state index contributed by atoms with van der Waals surface area (Å²) < 4.78 is 21.0. The highest BCUT2D eigenvalue weighted by Crippen LogP contribution is 2.36. The van der Waals surface area contributed by atoms with E-state index in [-0.39, 0.29) is 12.3 Å². The Balaban J connectivity index is 0. The highest BCUT2D eigenvalue weighted by atomic mass is 31.2. The summed E-state index contributed by atoms with van der Waals surface area (Å²) in [7, 11) is -7.46. The van der Waals surface area contributed by atoms with E-state index in [0.29, 0.717) is 12.8 Å². The van der Waals surface area contributed by atoms with Gasteiger partial charge in [-0.1, -0.05) is 104 Å². The fourth-order valence-corrected chi connectivity index (χ4v) is 4.17. The molecule has 0 rings (SSSR count). The van der Waals surface area contributed by atoms with Crippen molar-refractivity contribution in [1.82, 2.24) is 0 Å². The van der Waals surface area contributed by atoms with E-state index in [1.807, 2.05) is 0 Å². The molecule has 4 N–H and O–H groups in total. The fraction of sp³-hybridized carbons (Fsp3) is 1.00. The van der Waals surface area contributed by atoms with Gasteiger partial charge in [-0.15, -0.1) is 0 Å². The lowest BCUT2D eigenvalue weighted by Crippen LogP contribution is -1.88. The van der Waals surface area contributed by atoms with Gasteiger partial charge in [0.1, 0.15) is 0 Å². The van der Waals surface area contributed by atoms with Gasteiger partial charge < -0.3 is 19.6 Å². The Morgan fingerprint density at radius 3 is 0.857 bits per heavy atom. The Hall–Kier alpha value is 0.300. The quantitative estimate of drug-likeness (QED) is 0.140. The topological polar surface area (TPSA) is 115 Å². The molecule has 0 unspecified atom stereocenters. The SMILES string of the molecule is CCCCCCCCCCP(=O)(O)O.CCCCCCCCCCP(=O)(O)O. The maximum absolute atomic E-state index is 10.5. The predicted molar refractivity (Wildman–Crippen MR) is 119 cm³/mol. The molecular weight excluding hydrogens is 398 g/mol. The Morgan fingerprint density at radius 2 is 0.643 bits per heavy atom. The first kappa shape index (κ1) is 30.5. The number of hydrogen-bond acceptors (Lipinski definition) is 2. The van der Waals surface area contributed by atoms with E-state index < -0.39 is 15.2 Å². The molecule has 0 spiro atoms. The van der Waals surface area contributed by atoms with Gasteiger partial charge in [0.15, 0.2) is 0 Å². The summed E-state index contributed by atoms with van der Waals surface area (Å²) in [4.78, 5) is 34.4. The van der Waals surface area contributed by atoms with E-state index in [1.54, 1.807) is 0 Å². The zero-order valence-corrected chi connectivity index (χ0v) is 20.0. The summed E-state index contributed by atoms with van der Waals surface area (Å²) in [6.45, 7) is 4.39. The van der Waals surface area contributed by atoms with Gasteiger partial charge in [0, 0.05) is 12.3 Å². The molecule has 0 aromatic heterocycles. The summed E-state index contributed by atoms with van der Waals surface area (Å²) in [5.74, 6) is 0. The molecule has 0 heterocycles. The predicted octanol–water partition coefficient (Wildman–Crippen LogP) is 6.61. The Bertz CT molecular complexity index is 368. The highest BCUT2D eigenvalue weighted by molar-refractivity contribution is 7.52. The Kier molecular flexibility index (Phi) is 22.4. The normalized spacial score (nSPS) is 11.9. The molecular formula is C20H46O6P2. The molecule has 0 aliphatic rings. The highest BCUT2D eigenvalue weighted by Gasteiger charge is 2.11. The van der Waals surface area contributed by atoms with E-state index in [0.717, 1.165) is 25.7 Å². The van der Waals surface area contributed by atoms with Crippen LogP contribution in [0.2, 0.25) is 0 Å². The van der Waals surface area contributed by atoms with Gasteiger partial charge in [0.25, 0.3) is 0 Å². The van der Waals surface area contributed by atoms with Crippen LogP contribution in [0.3, 0.4) is 0 Å². The molecule has 0 saturated heterocycles. The van der Waals surface area contributed by atoms with Gasteiger partial charge >= 0.3 is 15.2 Å². The Labute approximate surface area is 173 Å². The van der Waals surface area contributed by atoms with Gasteiger partial charge in [0.2, 0.25) is 0 Å². The second kappa shape index (κ2) is 20.6. The van der Waals surface area contributed by atoms with E-state index in [1.165, 1.54) is 64.2 Å². The van der Waals surface area contributed by atoms with Gasteiger partial charge in [-0.05, 0) is 12.8 Å². The van der Waals surface area contributed by atoms with Gasteiger partial charge in [0.05, 0.1) is 0 Å². The molecule has 0 amide bonds. The molecule has 0 aromatic rings. The van der Waals surface area contributed by atoms with Crippen LogP contribution in [-0.2, 0) is 9.13 Å². The first-order valence-electron chi connectivity index (χ1n) is 11.2. The van der Waals surface area contributed by atoms with Crippen LogP contribution in [-0.4, -0.2) is 31.9 Å². The minimum absolute atomic E-state index is 0.0575. The van der Waals surface area contributed by atoms with Gasteiger partial charge in [-0.25, -0.2) is 0 Å². The minimum Gasteiger partial charge on any atom is -0.324 e. The summed E-state index contributed by atoms with van der Waals surface area (Å²) in [6.07, 6.45) is 18.3. The maximum Gasteiger partial charge on any atom is 0.325 e. The molecule has 0 atom stereocenters. The van der Waals surface area contributed by atoms with Gasteiger partial charge in [-0.2, -0.15) is 0 Å². The van der Waals surface area contributed by atoms with Crippen LogP contribution in [0.25, 0.3) is 0 Å². The largest absolute Gasteiger partial charge is 0.325 e. The van der Waals surface area contributed by atoms with Crippen LogP contribution < -0.4 is 0 Å². The van der Waals surface area contributed by atoms with Crippen LogP contribution in [0.5, 0.6) is 0 Å². The van der Waals surface area contributed by atoms with E-state index in [9.17, 15) is 9.13 Å². The number of unbranched alkanes of at least 4 members (excludes halogenated alkanes) is 14. The van der Waals surface area contributed by atoms with Crippen molar-refractivity contribution in [2.45, 2.75) is 117 Å². The fourth-order valence-electron chi connectivity index (χ4n) is 2.90. The molecule has 0 aliphatic heterocycles. The summed E-state index contributed by atoms with van der Waals surface area (Å²) in [6, 6.07) is 0. The van der Waals surface area contributed by atoms with Crippen LogP contribution >= 0.6 is 15.2 Å². The van der Waals surface area contributed by atoms with Crippen molar-refractivity contribution < 1.29 is 28.7 Å². The zero-order valence-electron chi connectivity index (χ0n) is 18.2. The molecule has 0 radical (unpaired) electrons. The molecule has 0 aliphatic carbocycles. The standard InChI is InChI=1S/2C10H23O3P/c2*1-2-3-4-5-6-7-8-9-10-14(11,12)13/h2*2-10H2,1H3,(H2,11,12,13). The van der Waals surface area contributed by atoms with Crippen LogP contribution in [0.4, 0.5) is 0 Å². The lowest BCUT2D eigenvalue weighted by Gasteiger charge is -2.03. The second-order valence-electron chi connectivity index (χ2n) is 7.73. The van der Waals surface area contributed by atoms with Gasteiger partial charge in [-0.3, -0.25) is 9.13 Å². The van der Waals surface area contributed by atoms with Crippen LogP contribution in [0.15, 0.2) is 0 Å². The zero-order chi connectivity index (χ0) is 21.7. The smallest absolute Gasteiger partial charge is 0.324 e. The third-order valence-electron chi connectivity index (χ3n) is 4.61. The van der Waals surface area contributed by atoms with E-state index in [2.05, 4.69) is 13.8 Å². The van der Waals surface area contributed by atoms with Crippen molar-refractivity contribution in [2.24, 2.45) is 0 Å². The first-order chi connectivity index (χ1) is 13.1. The average molecular weight is 445 g/mol. The molecule has 172 valence electrons. The van der Waals surface area contributed by atoms with Crippen molar-refractivity contribution in [2.75, 3.05) is 12.3 Å². The Morgan fingerprint density at radius 1 is 0.429 bits per heavy atom. The average Bonchev–Trinajstić information content (AvgIpc) is 2.58. The number of hydrogen-bond donors (Lipinski definition) is 4. The third kappa shape index (κ3) is 33.9. The number of rotatable bonds is 18. The van der Waals surface area contributed by atoms with E-state index in [4.69, 9.17) is 19.6 Å². The van der Waals surface area contributed by atoms with E-state index >= 15 is 0 Å². The molecule has 28 heavy (non-hydrogen) atoms.